The van der Waals surface area contributed by atoms with Gasteiger partial charge in [-0.05, 0) is 31.2 Å². The van der Waals surface area contributed by atoms with Crippen LogP contribution in [-0.2, 0) is 0 Å². The Kier molecular flexibility index (Phi) is 5.68. The van der Waals surface area contributed by atoms with E-state index in [9.17, 15) is 9.59 Å². The number of Topliss-reactive ketones (excluding diaryl/α,β-unsaturated/α-hetero) is 1. The summed E-state index contributed by atoms with van der Waals surface area (Å²) in [4.78, 5) is 28.9. The number of rotatable bonds is 5. The molecule has 1 saturated heterocycles. The van der Waals surface area contributed by atoms with Crippen molar-refractivity contribution in [3.63, 3.8) is 0 Å². The summed E-state index contributed by atoms with van der Waals surface area (Å²) in [5, 5.41) is 0. The first-order valence-electron chi connectivity index (χ1n) is 8.82. The monoisotopic (exact) mass is 352 g/mol. The Labute approximate surface area is 154 Å². The van der Waals surface area contributed by atoms with Crippen molar-refractivity contribution in [1.29, 1.82) is 0 Å². The van der Waals surface area contributed by atoms with Crippen LogP contribution in [0.4, 0.5) is 0 Å². The van der Waals surface area contributed by atoms with Gasteiger partial charge in [0.05, 0.1) is 13.7 Å². The Morgan fingerprint density at radius 2 is 1.46 bits per heavy atom. The van der Waals surface area contributed by atoms with Gasteiger partial charge in [0.2, 0.25) is 0 Å². The van der Waals surface area contributed by atoms with E-state index >= 15 is 0 Å². The van der Waals surface area contributed by atoms with Crippen molar-refractivity contribution in [2.24, 2.45) is 0 Å². The first kappa shape index (κ1) is 18.1. The molecule has 0 saturated carbocycles. The van der Waals surface area contributed by atoms with Crippen LogP contribution in [0.3, 0.4) is 0 Å². The maximum atomic E-state index is 12.6. The smallest absolute Gasteiger partial charge is 0.253 e. The average molecular weight is 352 g/mol. The summed E-state index contributed by atoms with van der Waals surface area (Å²) in [5.74, 6) is 0.887. The largest absolute Gasteiger partial charge is 0.497 e. The lowest BCUT2D eigenvalue weighted by atomic mass is 10.1. The van der Waals surface area contributed by atoms with Crippen LogP contribution in [-0.4, -0.2) is 61.3 Å². The van der Waals surface area contributed by atoms with E-state index in [2.05, 4.69) is 4.90 Å². The topological polar surface area (TPSA) is 49.9 Å². The van der Waals surface area contributed by atoms with E-state index in [0.29, 0.717) is 38.3 Å². The second-order valence-corrected chi connectivity index (χ2v) is 6.59. The molecule has 3 rings (SSSR count). The number of ketones is 1. The Morgan fingerprint density at radius 3 is 2.04 bits per heavy atom. The van der Waals surface area contributed by atoms with Gasteiger partial charge in [0.15, 0.2) is 5.78 Å². The van der Waals surface area contributed by atoms with Gasteiger partial charge in [0.25, 0.3) is 5.91 Å². The minimum atomic E-state index is 0.0252. The Hall–Kier alpha value is -2.66. The standard InChI is InChI=1S/C21H24N2O3/c1-16-3-5-17(6-4-16)20(24)15-22-11-13-23(14-12-22)21(25)18-7-9-19(26-2)10-8-18/h3-10H,11-15H2,1-2H3. The SMILES string of the molecule is COc1ccc(C(=O)N2CCN(CC(=O)c3ccc(C)cc3)CC2)cc1. The molecule has 2 aromatic rings. The molecule has 5 heteroatoms. The maximum absolute atomic E-state index is 12.6. The second kappa shape index (κ2) is 8.15. The van der Waals surface area contributed by atoms with Crippen LogP contribution >= 0.6 is 0 Å². The van der Waals surface area contributed by atoms with E-state index in [1.165, 1.54) is 0 Å². The summed E-state index contributed by atoms with van der Waals surface area (Å²) >= 11 is 0. The molecular formula is C21H24N2O3. The first-order valence-corrected chi connectivity index (χ1v) is 8.82. The highest BCUT2D eigenvalue weighted by molar-refractivity contribution is 5.97. The minimum absolute atomic E-state index is 0.0252. The predicted octanol–water partition coefficient (Wildman–Crippen LogP) is 2.64. The van der Waals surface area contributed by atoms with Gasteiger partial charge in [0.1, 0.15) is 5.75 Å². The number of piperazine rings is 1. The van der Waals surface area contributed by atoms with Gasteiger partial charge < -0.3 is 9.64 Å². The summed E-state index contributed by atoms with van der Waals surface area (Å²) in [6.07, 6.45) is 0. The summed E-state index contributed by atoms with van der Waals surface area (Å²) in [6, 6.07) is 14.8. The van der Waals surface area contributed by atoms with Crippen LogP contribution in [0.25, 0.3) is 0 Å². The average Bonchev–Trinajstić information content (AvgIpc) is 2.68. The number of carbonyl (C=O) groups excluding carboxylic acids is 2. The molecule has 0 radical (unpaired) electrons. The molecule has 0 aliphatic carbocycles. The van der Waals surface area contributed by atoms with Crippen LogP contribution in [0.5, 0.6) is 5.75 Å². The lowest BCUT2D eigenvalue weighted by Crippen LogP contribution is -2.49. The van der Waals surface area contributed by atoms with E-state index in [1.807, 2.05) is 36.1 Å². The summed E-state index contributed by atoms with van der Waals surface area (Å²) in [7, 11) is 1.61. The molecule has 136 valence electrons. The molecule has 1 fully saturated rings. The van der Waals surface area contributed by atoms with Crippen molar-refractivity contribution in [2.75, 3.05) is 39.8 Å². The number of aryl methyl sites for hydroxylation is 1. The normalized spacial score (nSPS) is 14.9. The maximum Gasteiger partial charge on any atom is 0.253 e. The van der Waals surface area contributed by atoms with Crippen molar-refractivity contribution in [2.45, 2.75) is 6.92 Å². The number of ether oxygens (including phenoxy) is 1. The number of carbonyl (C=O) groups is 2. The van der Waals surface area contributed by atoms with Crippen LogP contribution in [0.2, 0.25) is 0 Å². The van der Waals surface area contributed by atoms with Crippen molar-refractivity contribution < 1.29 is 14.3 Å². The van der Waals surface area contributed by atoms with Gasteiger partial charge in [-0.1, -0.05) is 29.8 Å². The van der Waals surface area contributed by atoms with Gasteiger partial charge in [-0.15, -0.1) is 0 Å². The Bertz CT molecular complexity index is 761. The fourth-order valence-corrected chi connectivity index (χ4v) is 3.06. The Morgan fingerprint density at radius 1 is 0.885 bits per heavy atom. The molecule has 0 spiro atoms. The van der Waals surface area contributed by atoms with E-state index in [0.717, 1.165) is 16.9 Å². The molecule has 0 N–H and O–H groups in total. The second-order valence-electron chi connectivity index (χ2n) is 6.59. The summed E-state index contributed by atoms with van der Waals surface area (Å²) in [6.45, 7) is 5.08. The molecule has 1 heterocycles. The van der Waals surface area contributed by atoms with Crippen molar-refractivity contribution in [3.8, 4) is 5.75 Å². The Balaban J connectivity index is 1.52. The van der Waals surface area contributed by atoms with Gasteiger partial charge in [-0.3, -0.25) is 14.5 Å². The third-order valence-electron chi connectivity index (χ3n) is 4.74. The van der Waals surface area contributed by atoms with Crippen LogP contribution in [0.1, 0.15) is 26.3 Å². The molecule has 5 nitrogen and oxygen atoms in total. The number of nitrogens with zero attached hydrogens (tertiary/aromatic N) is 2. The first-order chi connectivity index (χ1) is 12.6. The van der Waals surface area contributed by atoms with Gasteiger partial charge in [0, 0.05) is 37.3 Å². The van der Waals surface area contributed by atoms with Gasteiger partial charge in [-0.25, -0.2) is 0 Å². The van der Waals surface area contributed by atoms with E-state index in [4.69, 9.17) is 4.74 Å². The number of hydrogen-bond donors (Lipinski definition) is 0. The molecule has 0 bridgehead atoms. The fourth-order valence-electron chi connectivity index (χ4n) is 3.06. The molecule has 26 heavy (non-hydrogen) atoms. The number of hydrogen-bond acceptors (Lipinski definition) is 4. The highest BCUT2D eigenvalue weighted by Gasteiger charge is 2.23. The van der Waals surface area contributed by atoms with Crippen LogP contribution < -0.4 is 4.74 Å². The zero-order chi connectivity index (χ0) is 18.5. The molecule has 1 aliphatic heterocycles. The third-order valence-corrected chi connectivity index (χ3v) is 4.74. The van der Waals surface area contributed by atoms with Crippen molar-refractivity contribution in [1.82, 2.24) is 9.80 Å². The van der Waals surface area contributed by atoms with Crippen molar-refractivity contribution in [3.05, 3.63) is 65.2 Å². The zero-order valence-electron chi connectivity index (χ0n) is 15.3. The molecule has 0 atom stereocenters. The number of benzene rings is 2. The summed E-state index contributed by atoms with van der Waals surface area (Å²) < 4.78 is 5.12. The lowest BCUT2D eigenvalue weighted by Gasteiger charge is -2.34. The number of methoxy groups -OCH3 is 1. The van der Waals surface area contributed by atoms with E-state index in [1.54, 1.807) is 31.4 Å². The molecule has 1 aliphatic rings. The predicted molar refractivity (Wildman–Crippen MR) is 101 cm³/mol. The third kappa shape index (κ3) is 4.29. The molecular weight excluding hydrogens is 328 g/mol. The van der Waals surface area contributed by atoms with Gasteiger partial charge >= 0.3 is 0 Å². The summed E-state index contributed by atoms with van der Waals surface area (Å²) in [5.41, 5.74) is 2.55. The van der Waals surface area contributed by atoms with Crippen molar-refractivity contribution >= 4 is 11.7 Å². The zero-order valence-corrected chi connectivity index (χ0v) is 15.3. The van der Waals surface area contributed by atoms with Crippen LogP contribution in [0, 0.1) is 6.92 Å². The van der Waals surface area contributed by atoms with E-state index in [-0.39, 0.29) is 11.7 Å². The molecule has 2 aromatic carbocycles. The molecule has 0 unspecified atom stereocenters. The fraction of sp³-hybridized carbons (Fsp3) is 0.333. The number of amides is 1. The lowest BCUT2D eigenvalue weighted by molar-refractivity contribution is 0.0624. The highest BCUT2D eigenvalue weighted by Crippen LogP contribution is 2.14. The quantitative estimate of drug-likeness (QED) is 0.777. The van der Waals surface area contributed by atoms with E-state index < -0.39 is 0 Å². The van der Waals surface area contributed by atoms with Gasteiger partial charge in [-0.2, -0.15) is 0 Å². The molecule has 0 aromatic heterocycles. The van der Waals surface area contributed by atoms with Crippen LogP contribution in [0.15, 0.2) is 48.5 Å². The molecule has 1 amide bonds. The minimum Gasteiger partial charge on any atom is -0.497 e. The highest BCUT2D eigenvalue weighted by atomic mass is 16.5.